The lowest BCUT2D eigenvalue weighted by Gasteiger charge is -2.13. The molecule has 0 bridgehead atoms. The van der Waals surface area contributed by atoms with Gasteiger partial charge in [0.1, 0.15) is 0 Å². The Balaban J connectivity index is 2.37. The molecular weight excluding hydrogens is 126 g/mol. The summed E-state index contributed by atoms with van der Waals surface area (Å²) in [5.41, 5.74) is 0. The van der Waals surface area contributed by atoms with Crippen LogP contribution in [-0.4, -0.2) is 23.9 Å². The Morgan fingerprint density at radius 2 is 2.40 bits per heavy atom. The third-order valence-corrected chi connectivity index (χ3v) is 2.08. The van der Waals surface area contributed by atoms with Crippen molar-refractivity contribution >= 4 is 5.91 Å². The zero-order chi connectivity index (χ0) is 7.56. The molecule has 2 heteroatoms. The first kappa shape index (κ1) is 7.58. The summed E-state index contributed by atoms with van der Waals surface area (Å²) >= 11 is 0. The maximum absolute atomic E-state index is 11.1. The summed E-state index contributed by atoms with van der Waals surface area (Å²) < 4.78 is 0. The van der Waals surface area contributed by atoms with Gasteiger partial charge in [-0.15, -0.1) is 0 Å². The second-order valence-electron chi connectivity index (χ2n) is 3.09. The number of carbonyl (C=O) groups excluding carboxylic acids is 1. The molecule has 0 aromatic rings. The van der Waals surface area contributed by atoms with Crippen LogP contribution in [0, 0.1) is 5.92 Å². The van der Waals surface area contributed by atoms with Gasteiger partial charge in [-0.25, -0.2) is 0 Å². The van der Waals surface area contributed by atoms with E-state index in [4.69, 9.17) is 0 Å². The lowest BCUT2D eigenvalue weighted by atomic mass is 10.2. The van der Waals surface area contributed by atoms with Gasteiger partial charge in [0.15, 0.2) is 0 Å². The molecule has 1 fully saturated rings. The van der Waals surface area contributed by atoms with Crippen molar-refractivity contribution in [3.63, 3.8) is 0 Å². The number of hydrogen-bond donors (Lipinski definition) is 0. The van der Waals surface area contributed by atoms with Gasteiger partial charge < -0.3 is 4.90 Å². The van der Waals surface area contributed by atoms with E-state index in [1.54, 1.807) is 0 Å². The van der Waals surface area contributed by atoms with Crippen molar-refractivity contribution in [2.75, 3.05) is 13.1 Å². The van der Waals surface area contributed by atoms with Crippen LogP contribution < -0.4 is 0 Å². The van der Waals surface area contributed by atoms with Crippen molar-refractivity contribution in [2.24, 2.45) is 5.92 Å². The highest BCUT2D eigenvalue weighted by Crippen LogP contribution is 2.15. The van der Waals surface area contributed by atoms with Crippen molar-refractivity contribution in [3.8, 4) is 0 Å². The predicted molar refractivity (Wildman–Crippen MR) is 40.7 cm³/mol. The van der Waals surface area contributed by atoms with Crippen LogP contribution in [0.3, 0.4) is 0 Å². The van der Waals surface area contributed by atoms with Crippen LogP contribution >= 0.6 is 0 Å². The van der Waals surface area contributed by atoms with E-state index in [1.165, 1.54) is 6.42 Å². The van der Waals surface area contributed by atoms with Gasteiger partial charge in [-0.2, -0.15) is 0 Å². The molecule has 10 heavy (non-hydrogen) atoms. The third-order valence-electron chi connectivity index (χ3n) is 2.08. The Kier molecular flexibility index (Phi) is 2.30. The third kappa shape index (κ3) is 1.49. The lowest BCUT2D eigenvalue weighted by molar-refractivity contribution is -0.129. The largest absolute Gasteiger partial charge is 0.342 e. The van der Waals surface area contributed by atoms with E-state index in [-0.39, 0.29) is 0 Å². The first-order valence-electron chi connectivity index (χ1n) is 4.01. The van der Waals surface area contributed by atoms with Gasteiger partial charge in [0.2, 0.25) is 5.91 Å². The van der Waals surface area contributed by atoms with Crippen LogP contribution in [0.25, 0.3) is 0 Å². The molecule has 0 saturated carbocycles. The fraction of sp³-hybridized carbons (Fsp3) is 0.875. The molecule has 2 nitrogen and oxygen atoms in total. The SMILES string of the molecule is CCC(=O)N1CCC(C)C1. The Hall–Kier alpha value is -0.530. The molecule has 0 aromatic carbocycles. The number of carbonyl (C=O) groups is 1. The number of nitrogens with zero attached hydrogens (tertiary/aromatic N) is 1. The quantitative estimate of drug-likeness (QED) is 0.538. The Morgan fingerprint density at radius 3 is 2.80 bits per heavy atom. The minimum absolute atomic E-state index is 0.310. The van der Waals surface area contributed by atoms with E-state index in [2.05, 4.69) is 6.92 Å². The molecule has 0 aliphatic carbocycles. The fourth-order valence-electron chi connectivity index (χ4n) is 1.39. The van der Waals surface area contributed by atoms with Gasteiger partial charge in [0.05, 0.1) is 0 Å². The zero-order valence-electron chi connectivity index (χ0n) is 6.76. The Bertz CT molecular complexity index is 133. The standard InChI is InChI=1S/C8H15NO/c1-3-8(10)9-5-4-7(2)6-9/h7H,3-6H2,1-2H3. The van der Waals surface area contributed by atoms with Crippen molar-refractivity contribution in [1.82, 2.24) is 4.90 Å². The number of amides is 1. The smallest absolute Gasteiger partial charge is 0.222 e. The van der Waals surface area contributed by atoms with Crippen molar-refractivity contribution < 1.29 is 4.79 Å². The van der Waals surface area contributed by atoms with Crippen molar-refractivity contribution in [2.45, 2.75) is 26.7 Å². The average Bonchev–Trinajstić information content (AvgIpc) is 2.34. The van der Waals surface area contributed by atoms with Gasteiger partial charge in [-0.1, -0.05) is 13.8 Å². The van der Waals surface area contributed by atoms with Gasteiger partial charge in [-0.05, 0) is 12.3 Å². The highest BCUT2D eigenvalue weighted by molar-refractivity contribution is 5.76. The molecule has 1 amide bonds. The van der Waals surface area contributed by atoms with E-state index in [0.717, 1.165) is 19.0 Å². The molecule has 1 heterocycles. The van der Waals surface area contributed by atoms with E-state index in [0.29, 0.717) is 12.3 Å². The molecular formula is C8H15NO. The molecule has 1 rings (SSSR count). The molecule has 0 N–H and O–H groups in total. The van der Waals surface area contributed by atoms with Gasteiger partial charge in [-0.3, -0.25) is 4.79 Å². The van der Waals surface area contributed by atoms with Crippen LogP contribution in [0.15, 0.2) is 0 Å². The summed E-state index contributed by atoms with van der Waals surface area (Å²) in [6.45, 7) is 6.08. The highest BCUT2D eigenvalue weighted by Gasteiger charge is 2.21. The van der Waals surface area contributed by atoms with E-state index in [1.807, 2.05) is 11.8 Å². The highest BCUT2D eigenvalue weighted by atomic mass is 16.2. The number of hydrogen-bond acceptors (Lipinski definition) is 1. The fourth-order valence-corrected chi connectivity index (χ4v) is 1.39. The lowest BCUT2D eigenvalue weighted by Crippen LogP contribution is -2.27. The molecule has 58 valence electrons. The minimum Gasteiger partial charge on any atom is -0.342 e. The normalized spacial score (nSPS) is 25.4. The Morgan fingerprint density at radius 1 is 1.70 bits per heavy atom. The molecule has 0 aromatic heterocycles. The maximum Gasteiger partial charge on any atom is 0.222 e. The molecule has 1 atom stereocenters. The Labute approximate surface area is 62.2 Å². The molecule has 1 unspecified atom stereocenters. The second-order valence-corrected chi connectivity index (χ2v) is 3.09. The molecule has 0 spiro atoms. The monoisotopic (exact) mass is 141 g/mol. The van der Waals surface area contributed by atoms with Crippen LogP contribution in [0.1, 0.15) is 26.7 Å². The van der Waals surface area contributed by atoms with Crippen molar-refractivity contribution in [3.05, 3.63) is 0 Å². The number of rotatable bonds is 1. The van der Waals surface area contributed by atoms with Gasteiger partial charge >= 0.3 is 0 Å². The van der Waals surface area contributed by atoms with Crippen LogP contribution in [0.5, 0.6) is 0 Å². The first-order chi connectivity index (χ1) is 4.74. The van der Waals surface area contributed by atoms with Crippen molar-refractivity contribution in [1.29, 1.82) is 0 Å². The predicted octanol–water partition coefficient (Wildman–Crippen LogP) is 1.26. The summed E-state index contributed by atoms with van der Waals surface area (Å²) in [5, 5.41) is 0. The molecule has 1 saturated heterocycles. The molecule has 0 radical (unpaired) electrons. The van der Waals surface area contributed by atoms with Gasteiger partial charge in [0, 0.05) is 19.5 Å². The summed E-state index contributed by atoms with van der Waals surface area (Å²) in [7, 11) is 0. The van der Waals surface area contributed by atoms with Crippen LogP contribution in [0.4, 0.5) is 0 Å². The topological polar surface area (TPSA) is 20.3 Å². The molecule has 1 aliphatic heterocycles. The number of likely N-dealkylation sites (tertiary alicyclic amines) is 1. The van der Waals surface area contributed by atoms with E-state index >= 15 is 0 Å². The second kappa shape index (κ2) is 3.04. The minimum atomic E-state index is 0.310. The summed E-state index contributed by atoms with van der Waals surface area (Å²) in [5.74, 6) is 1.03. The summed E-state index contributed by atoms with van der Waals surface area (Å²) in [4.78, 5) is 13.0. The molecule has 1 aliphatic rings. The van der Waals surface area contributed by atoms with E-state index < -0.39 is 0 Å². The van der Waals surface area contributed by atoms with Crippen LogP contribution in [-0.2, 0) is 4.79 Å². The average molecular weight is 141 g/mol. The summed E-state index contributed by atoms with van der Waals surface area (Å²) in [6.07, 6.45) is 1.85. The zero-order valence-corrected chi connectivity index (χ0v) is 6.76. The van der Waals surface area contributed by atoms with E-state index in [9.17, 15) is 4.79 Å². The first-order valence-corrected chi connectivity index (χ1v) is 4.01. The van der Waals surface area contributed by atoms with Gasteiger partial charge in [0.25, 0.3) is 0 Å². The summed E-state index contributed by atoms with van der Waals surface area (Å²) in [6, 6.07) is 0. The van der Waals surface area contributed by atoms with Crippen LogP contribution in [0.2, 0.25) is 0 Å². The maximum atomic E-state index is 11.1.